The van der Waals surface area contributed by atoms with E-state index < -0.39 is 30.7 Å². The molecule has 10 rings (SSSR count). The molecule has 0 radical (unpaired) electrons. The van der Waals surface area contributed by atoms with E-state index in [9.17, 15) is 20.4 Å². The normalized spacial score (nSPS) is 19.6. The highest BCUT2D eigenvalue weighted by atomic mass is 16.6. The third kappa shape index (κ3) is 7.21. The number of pyridine rings is 4. The molecular weight excluding hydrogens is 781 g/mol. The number of hydrogen-bond donors (Lipinski definition) is 6. The van der Waals surface area contributed by atoms with Crippen molar-refractivity contribution in [1.29, 1.82) is 0 Å². The van der Waals surface area contributed by atoms with Crippen LogP contribution in [-0.4, -0.2) is 71.1 Å². The van der Waals surface area contributed by atoms with Gasteiger partial charge in [-0.05, 0) is 70.8 Å². The van der Waals surface area contributed by atoms with E-state index in [1.807, 2.05) is 103 Å². The number of aryl methyl sites for hydroxylation is 3. The van der Waals surface area contributed by atoms with Crippen LogP contribution in [-0.2, 0) is 32.4 Å². The lowest BCUT2D eigenvalue weighted by Crippen LogP contribution is -2.60. The Morgan fingerprint density at radius 2 is 0.774 bits per heavy atom. The van der Waals surface area contributed by atoms with Crippen molar-refractivity contribution in [2.45, 2.75) is 37.3 Å². The molecule has 7 aromatic heterocycles. The Morgan fingerprint density at radius 3 is 1.11 bits per heavy atom. The molecule has 0 spiro atoms. The van der Waals surface area contributed by atoms with Crippen molar-refractivity contribution in [3.63, 3.8) is 0 Å². The maximum Gasteiger partial charge on any atom is 0.184 e. The molecule has 8 bridgehead atoms. The van der Waals surface area contributed by atoms with Gasteiger partial charge in [0.25, 0.3) is 0 Å². The molecule has 1 unspecified atom stereocenters. The number of hydrogen-bond acceptors (Lipinski definition) is 7. The number of rotatable bonds is 6. The quantitative estimate of drug-likeness (QED) is 0.139. The molecule has 13 nitrogen and oxygen atoms in total. The zero-order valence-corrected chi connectivity index (χ0v) is 34.3. The summed E-state index contributed by atoms with van der Waals surface area (Å²) in [6, 6.07) is 24.9. The van der Waals surface area contributed by atoms with E-state index in [0.29, 0.717) is 0 Å². The van der Waals surface area contributed by atoms with Gasteiger partial charge in [0.15, 0.2) is 62.4 Å². The summed E-state index contributed by atoms with van der Waals surface area (Å²) in [5.41, 5.74) is 14.3. The Balaban J connectivity index is 1.25. The van der Waals surface area contributed by atoms with Gasteiger partial charge in [-0.2, -0.15) is 0 Å². The summed E-state index contributed by atoms with van der Waals surface area (Å²) in [5.74, 6) is 0. The van der Waals surface area contributed by atoms with Crippen molar-refractivity contribution >= 4 is 46.4 Å². The minimum atomic E-state index is -1.62. The van der Waals surface area contributed by atoms with Crippen molar-refractivity contribution in [1.82, 2.24) is 19.9 Å². The topological polar surface area (TPSA) is 163 Å². The molecule has 1 saturated heterocycles. The third-order valence-corrected chi connectivity index (χ3v) is 11.8. The van der Waals surface area contributed by atoms with Crippen LogP contribution in [0.3, 0.4) is 0 Å². The first kappa shape index (κ1) is 39.2. The number of aromatic nitrogens is 8. The van der Waals surface area contributed by atoms with E-state index in [4.69, 9.17) is 14.7 Å². The van der Waals surface area contributed by atoms with Gasteiger partial charge in [-0.1, -0.05) is 0 Å². The maximum atomic E-state index is 10.7. The number of nitrogens with one attached hydrogen (secondary N) is 2. The van der Waals surface area contributed by atoms with Crippen molar-refractivity contribution in [2.24, 2.45) is 21.1 Å². The van der Waals surface area contributed by atoms with E-state index in [0.717, 1.165) is 89.4 Å². The highest BCUT2D eigenvalue weighted by Crippen LogP contribution is 2.38. The summed E-state index contributed by atoms with van der Waals surface area (Å²) >= 11 is 0. The van der Waals surface area contributed by atoms with Gasteiger partial charge in [0.05, 0.1) is 22.8 Å². The van der Waals surface area contributed by atoms with E-state index in [1.165, 1.54) is 0 Å². The summed E-state index contributed by atoms with van der Waals surface area (Å²) in [4.78, 5) is 18.4. The molecule has 308 valence electrons. The van der Waals surface area contributed by atoms with Crippen LogP contribution in [0.5, 0.6) is 0 Å². The van der Waals surface area contributed by atoms with E-state index in [-0.39, 0.29) is 6.54 Å². The van der Waals surface area contributed by atoms with Crippen LogP contribution in [0.15, 0.2) is 122 Å². The Labute approximate surface area is 356 Å². The molecule has 10 heterocycles. The average molecular weight is 827 g/mol. The minimum absolute atomic E-state index is 0.123. The minimum Gasteiger partial charge on any atom is -0.387 e. The van der Waals surface area contributed by atoms with Gasteiger partial charge >= 0.3 is 0 Å². The first-order chi connectivity index (χ1) is 30.1. The first-order valence-corrected chi connectivity index (χ1v) is 20.5. The number of H-pyrrole nitrogens is 2. The lowest BCUT2D eigenvalue weighted by molar-refractivity contribution is -0.707. The van der Waals surface area contributed by atoms with E-state index in [1.54, 1.807) is 4.57 Å². The molecule has 62 heavy (non-hydrogen) atoms. The zero-order valence-electron chi connectivity index (χ0n) is 34.3. The monoisotopic (exact) mass is 826 g/mol. The molecule has 0 aromatic carbocycles. The van der Waals surface area contributed by atoms with Crippen LogP contribution in [0.25, 0.3) is 90.9 Å². The predicted molar refractivity (Wildman–Crippen MR) is 233 cm³/mol. The average Bonchev–Trinajstić information content (AvgIpc) is 4.13. The summed E-state index contributed by atoms with van der Waals surface area (Å²) in [6.45, 7) is 0.123. The zero-order chi connectivity index (χ0) is 42.6. The molecule has 3 aliphatic rings. The van der Waals surface area contributed by atoms with Crippen molar-refractivity contribution < 1.29 is 43.4 Å². The van der Waals surface area contributed by atoms with Gasteiger partial charge in [-0.25, -0.2) is 28.2 Å². The summed E-state index contributed by atoms with van der Waals surface area (Å²) in [6.07, 6.45) is 17.1. The fourth-order valence-corrected chi connectivity index (χ4v) is 8.46. The molecule has 0 aliphatic carbocycles. The number of nitrogens with zero attached hydrogens (tertiary/aromatic N) is 6. The number of fused-ring (bicyclic) bond motifs is 8. The van der Waals surface area contributed by atoms with Crippen LogP contribution < -0.4 is 18.3 Å². The number of aliphatic hydroxyl groups excluding tert-OH is 4. The molecule has 5 atom stereocenters. The fraction of sp³-hybridized carbons (Fsp3) is 0.184. The van der Waals surface area contributed by atoms with E-state index in [2.05, 4.69) is 88.9 Å². The van der Waals surface area contributed by atoms with Gasteiger partial charge in [0.2, 0.25) is 0 Å². The lowest BCUT2D eigenvalue weighted by Gasteiger charge is -2.36. The van der Waals surface area contributed by atoms with Crippen LogP contribution in [0.2, 0.25) is 0 Å². The summed E-state index contributed by atoms with van der Waals surface area (Å²) in [5, 5.41) is 41.1. The second kappa shape index (κ2) is 15.8. The second-order valence-corrected chi connectivity index (χ2v) is 16.1. The van der Waals surface area contributed by atoms with Gasteiger partial charge in [0, 0.05) is 92.9 Å². The Bertz CT molecular complexity index is 3020. The number of ether oxygens (including phenoxy) is 1. The van der Waals surface area contributed by atoms with Gasteiger partial charge < -0.3 is 35.1 Å². The molecular formula is C49H46N8O5+4. The molecule has 6 N–H and O–H groups in total. The highest BCUT2D eigenvalue weighted by Gasteiger charge is 2.44. The smallest absolute Gasteiger partial charge is 0.184 e. The standard InChI is InChI=1S/C49H45N8O5/c1-54-20-12-29(13-21-54)42-33-4-6-35(50-33)43(30-14-22-55(2)23-15-30)37-8-10-39(52-37)45(32-18-26-57(27-19-32)28-41-46(58)47(59)48(60)49(61)62-41)40-11-9-38(53-40)44(36-7-5-34(42)51-36)31-16-24-56(3)25-17-31/h4-27,41,46-49,58-61H,28H2,1-3H3,(H,50,51,52,53)/q+3/p+1/t41-,46+,47+,48-,49?/m1/s1. The highest BCUT2D eigenvalue weighted by molar-refractivity contribution is 5.99. The van der Waals surface area contributed by atoms with Gasteiger partial charge in [-0.15, -0.1) is 0 Å². The fourth-order valence-electron chi connectivity index (χ4n) is 8.46. The molecule has 7 aromatic rings. The van der Waals surface area contributed by atoms with Crippen LogP contribution in [0.1, 0.15) is 22.8 Å². The van der Waals surface area contributed by atoms with Crippen LogP contribution >= 0.6 is 0 Å². The molecule has 1 fully saturated rings. The predicted octanol–water partition coefficient (Wildman–Crippen LogP) is 3.88. The van der Waals surface area contributed by atoms with Crippen LogP contribution in [0, 0.1) is 0 Å². The summed E-state index contributed by atoms with van der Waals surface area (Å²) in [7, 11) is 6.01. The van der Waals surface area contributed by atoms with Crippen molar-refractivity contribution in [3.05, 3.63) is 145 Å². The number of aromatic amines is 2. The van der Waals surface area contributed by atoms with Gasteiger partial charge in [0.1, 0.15) is 45.6 Å². The molecule has 0 saturated carbocycles. The lowest BCUT2D eigenvalue weighted by atomic mass is 9.99. The number of aliphatic hydroxyl groups is 4. The molecule has 13 heteroatoms. The first-order valence-electron chi connectivity index (χ1n) is 20.5. The van der Waals surface area contributed by atoms with E-state index >= 15 is 0 Å². The summed E-state index contributed by atoms with van der Waals surface area (Å²) < 4.78 is 13.3. The van der Waals surface area contributed by atoms with Gasteiger partial charge in [-0.3, -0.25) is 0 Å². The van der Waals surface area contributed by atoms with Crippen molar-refractivity contribution in [2.75, 3.05) is 0 Å². The Hall–Kier alpha value is -7.00. The SMILES string of the molecule is C[n+]1ccc(-c2c3nc(c(-c4cc[n+](C)cc4)c4ccc([nH]4)c(-c4cc[n+](C[C@H]5OC(O)[C@H](O)[C@@H](O)[C@H]5O)cc4)c4nc(c(-c5cc[n+](C)cc5)c5ccc2[nH]5)C=C4)C=C3)cc1. The molecule has 0 amide bonds. The third-order valence-electron chi connectivity index (χ3n) is 11.8. The Morgan fingerprint density at radius 1 is 0.452 bits per heavy atom. The Kier molecular flexibility index (Phi) is 9.97. The molecule has 3 aliphatic heterocycles. The largest absolute Gasteiger partial charge is 0.387 e. The van der Waals surface area contributed by atoms with Crippen molar-refractivity contribution in [3.8, 4) is 44.5 Å². The maximum absolute atomic E-state index is 10.7. The van der Waals surface area contributed by atoms with Crippen LogP contribution in [0.4, 0.5) is 0 Å². The second-order valence-electron chi connectivity index (χ2n) is 16.1.